The predicted molar refractivity (Wildman–Crippen MR) is 92.3 cm³/mol. The van der Waals surface area contributed by atoms with Crippen LogP contribution in [0.5, 0.6) is 0 Å². The summed E-state index contributed by atoms with van der Waals surface area (Å²) in [5.41, 5.74) is -0.982. The van der Waals surface area contributed by atoms with E-state index in [2.05, 4.69) is 0 Å². The Kier molecular flexibility index (Phi) is 4.79. The molecule has 0 bridgehead atoms. The number of ketones is 1. The molecule has 0 unspecified atom stereocenters. The molecule has 3 heterocycles. The Balaban J connectivity index is 2.02. The average Bonchev–Trinajstić information content (AvgIpc) is 3.18. The molecule has 0 amide bonds. The molecule has 2 aromatic heterocycles. The van der Waals surface area contributed by atoms with Crippen LogP contribution in [0.2, 0.25) is 0 Å². The summed E-state index contributed by atoms with van der Waals surface area (Å²) >= 11 is 0. The fraction of sp³-hybridized carbons (Fsp3) is 0.444. The second-order valence-corrected chi connectivity index (χ2v) is 6.77. The molecule has 0 saturated carbocycles. The van der Waals surface area contributed by atoms with Crippen LogP contribution in [-0.2, 0) is 26.1 Å². The van der Waals surface area contributed by atoms with Crippen molar-refractivity contribution in [1.29, 1.82) is 5.26 Å². The second kappa shape index (κ2) is 6.82. The number of aromatic nitrogens is 3. The highest BCUT2D eigenvalue weighted by Crippen LogP contribution is 2.23. The molecule has 0 N–H and O–H groups in total. The lowest BCUT2D eigenvalue weighted by atomic mass is 10.1. The van der Waals surface area contributed by atoms with Crippen molar-refractivity contribution in [2.24, 2.45) is 0 Å². The van der Waals surface area contributed by atoms with Gasteiger partial charge in [-0.3, -0.25) is 18.7 Å². The maximum atomic E-state index is 12.7. The van der Waals surface area contributed by atoms with Gasteiger partial charge >= 0.3 is 11.9 Å². The van der Waals surface area contributed by atoms with Gasteiger partial charge in [0.1, 0.15) is 18.2 Å². The van der Waals surface area contributed by atoms with E-state index in [0.717, 1.165) is 4.57 Å². The van der Waals surface area contributed by atoms with E-state index >= 15 is 0 Å². The van der Waals surface area contributed by atoms with Crippen LogP contribution in [0.3, 0.4) is 0 Å². The first-order valence-electron chi connectivity index (χ1n) is 8.58. The quantitative estimate of drug-likeness (QED) is 0.738. The number of carbonyl (C=O) groups excluding carboxylic acids is 1. The van der Waals surface area contributed by atoms with Crippen molar-refractivity contribution < 1.29 is 18.0 Å². The minimum Gasteiger partial charge on any atom is -0.339 e. The summed E-state index contributed by atoms with van der Waals surface area (Å²) in [5.74, 6) is -0.664. The number of carbonyl (C=O) groups is 1. The standard InChI is InChI=1S/C18H17F3N4O3/c1-10-6-12(11(2)25(10)9-18(19,20)21)15(26)8-24-16(27)13(7-22)14-4-3-5-23(14)17(24)28/h6H,3-5,8-9H2,1-2H3. The van der Waals surface area contributed by atoms with Gasteiger partial charge in [0.2, 0.25) is 0 Å². The average molecular weight is 394 g/mol. The van der Waals surface area contributed by atoms with Crippen LogP contribution in [0.4, 0.5) is 13.2 Å². The zero-order valence-electron chi connectivity index (χ0n) is 15.3. The first kappa shape index (κ1) is 19.7. The van der Waals surface area contributed by atoms with E-state index in [9.17, 15) is 32.8 Å². The third-order valence-electron chi connectivity index (χ3n) is 4.96. The summed E-state index contributed by atoms with van der Waals surface area (Å²) in [6.45, 7) is 1.29. The van der Waals surface area contributed by atoms with Crippen LogP contribution in [-0.4, -0.2) is 25.7 Å². The first-order valence-corrected chi connectivity index (χ1v) is 8.58. The zero-order chi connectivity index (χ0) is 20.8. The molecule has 7 nitrogen and oxygen atoms in total. The topological polar surface area (TPSA) is 89.8 Å². The van der Waals surface area contributed by atoms with Crippen LogP contribution < -0.4 is 11.2 Å². The number of Topliss-reactive ketones (excluding diaryl/α,β-unsaturated/α-hetero) is 1. The van der Waals surface area contributed by atoms with E-state index in [1.54, 1.807) is 6.07 Å². The molecule has 2 aromatic rings. The number of hydrogen-bond acceptors (Lipinski definition) is 4. The van der Waals surface area contributed by atoms with Crippen molar-refractivity contribution in [3.63, 3.8) is 0 Å². The summed E-state index contributed by atoms with van der Waals surface area (Å²) in [4.78, 5) is 37.8. The van der Waals surface area contributed by atoms with E-state index in [1.165, 1.54) is 24.5 Å². The first-order chi connectivity index (χ1) is 13.0. The monoisotopic (exact) mass is 394 g/mol. The lowest BCUT2D eigenvalue weighted by Crippen LogP contribution is -2.43. The van der Waals surface area contributed by atoms with Gasteiger partial charge in [-0.25, -0.2) is 4.79 Å². The second-order valence-electron chi connectivity index (χ2n) is 6.77. The van der Waals surface area contributed by atoms with Crippen molar-refractivity contribution in [3.8, 4) is 6.07 Å². The maximum absolute atomic E-state index is 12.7. The third kappa shape index (κ3) is 3.28. The lowest BCUT2D eigenvalue weighted by Gasteiger charge is -2.13. The van der Waals surface area contributed by atoms with Gasteiger partial charge in [0.25, 0.3) is 5.56 Å². The minimum absolute atomic E-state index is 0.0112. The van der Waals surface area contributed by atoms with Crippen LogP contribution in [0.25, 0.3) is 0 Å². The van der Waals surface area contributed by atoms with Crippen LogP contribution in [0, 0.1) is 25.2 Å². The van der Waals surface area contributed by atoms with E-state index in [1.807, 2.05) is 0 Å². The molecular formula is C18H17F3N4O3. The molecule has 0 aromatic carbocycles. The summed E-state index contributed by atoms with van der Waals surface area (Å²) in [5, 5.41) is 9.27. The molecule has 0 radical (unpaired) electrons. The molecule has 0 aliphatic carbocycles. The Hall–Kier alpha value is -3.09. The molecule has 0 saturated heterocycles. The molecular weight excluding hydrogens is 377 g/mol. The van der Waals surface area contributed by atoms with Gasteiger partial charge in [-0.2, -0.15) is 18.4 Å². The summed E-state index contributed by atoms with van der Waals surface area (Å²) in [6.07, 6.45) is -3.41. The maximum Gasteiger partial charge on any atom is 0.406 e. The van der Waals surface area contributed by atoms with Gasteiger partial charge < -0.3 is 4.57 Å². The molecule has 3 rings (SSSR count). The number of aryl methyl sites for hydroxylation is 1. The lowest BCUT2D eigenvalue weighted by molar-refractivity contribution is -0.141. The number of hydrogen-bond donors (Lipinski definition) is 0. The van der Waals surface area contributed by atoms with Crippen molar-refractivity contribution in [2.45, 2.75) is 52.5 Å². The third-order valence-corrected chi connectivity index (χ3v) is 4.96. The zero-order valence-corrected chi connectivity index (χ0v) is 15.3. The van der Waals surface area contributed by atoms with Crippen molar-refractivity contribution >= 4 is 5.78 Å². The van der Waals surface area contributed by atoms with Gasteiger partial charge in [0.05, 0.1) is 6.54 Å². The minimum atomic E-state index is -4.45. The fourth-order valence-corrected chi connectivity index (χ4v) is 3.62. The van der Waals surface area contributed by atoms with E-state index in [-0.39, 0.29) is 22.5 Å². The molecule has 1 aliphatic rings. The SMILES string of the molecule is Cc1cc(C(=O)Cn2c(=O)c(C#N)c3n(c2=O)CCC3)c(C)n1CC(F)(F)F. The highest BCUT2D eigenvalue weighted by molar-refractivity contribution is 5.97. The van der Waals surface area contributed by atoms with Crippen LogP contribution >= 0.6 is 0 Å². The number of nitrogens with zero attached hydrogens (tertiary/aromatic N) is 4. The number of halogens is 3. The highest BCUT2D eigenvalue weighted by Gasteiger charge is 2.31. The Morgan fingerprint density at radius 2 is 1.93 bits per heavy atom. The number of rotatable bonds is 4. The van der Waals surface area contributed by atoms with Gasteiger partial charge in [0, 0.05) is 29.2 Å². The Morgan fingerprint density at radius 3 is 2.54 bits per heavy atom. The van der Waals surface area contributed by atoms with E-state index < -0.39 is 36.3 Å². The Morgan fingerprint density at radius 1 is 1.25 bits per heavy atom. The van der Waals surface area contributed by atoms with Gasteiger partial charge in [-0.15, -0.1) is 0 Å². The molecule has 10 heteroatoms. The predicted octanol–water partition coefficient (Wildman–Crippen LogP) is 1.69. The van der Waals surface area contributed by atoms with Crippen molar-refractivity contribution in [2.75, 3.05) is 0 Å². The van der Waals surface area contributed by atoms with Crippen molar-refractivity contribution in [1.82, 2.24) is 13.7 Å². The molecule has 148 valence electrons. The summed E-state index contributed by atoms with van der Waals surface area (Å²) in [7, 11) is 0. The normalized spacial score (nSPS) is 13.4. The smallest absolute Gasteiger partial charge is 0.339 e. The molecule has 1 aliphatic heterocycles. The van der Waals surface area contributed by atoms with E-state index in [4.69, 9.17) is 0 Å². The molecule has 28 heavy (non-hydrogen) atoms. The van der Waals surface area contributed by atoms with Crippen LogP contribution in [0.15, 0.2) is 15.7 Å². The number of nitriles is 1. The Labute approximate surface area is 157 Å². The number of alkyl halides is 3. The van der Waals surface area contributed by atoms with Gasteiger partial charge in [0.15, 0.2) is 5.78 Å². The molecule has 0 spiro atoms. The fourth-order valence-electron chi connectivity index (χ4n) is 3.62. The van der Waals surface area contributed by atoms with Gasteiger partial charge in [-0.05, 0) is 32.8 Å². The van der Waals surface area contributed by atoms with Crippen LogP contribution in [0.1, 0.15) is 39.4 Å². The molecule has 0 atom stereocenters. The number of fused-ring (bicyclic) bond motifs is 1. The van der Waals surface area contributed by atoms with Crippen molar-refractivity contribution in [3.05, 3.63) is 55.1 Å². The molecule has 0 fully saturated rings. The largest absolute Gasteiger partial charge is 0.406 e. The Bertz CT molecular complexity index is 1130. The summed E-state index contributed by atoms with van der Waals surface area (Å²) in [6, 6.07) is 3.10. The van der Waals surface area contributed by atoms with Gasteiger partial charge in [-0.1, -0.05) is 0 Å². The highest BCUT2D eigenvalue weighted by atomic mass is 19.4. The summed E-state index contributed by atoms with van der Waals surface area (Å²) < 4.78 is 41.2. The van der Waals surface area contributed by atoms with E-state index in [0.29, 0.717) is 29.6 Å².